The second-order valence-electron chi connectivity index (χ2n) is 14.0. The van der Waals surface area contributed by atoms with Gasteiger partial charge in [-0.05, 0) is 145 Å². The van der Waals surface area contributed by atoms with Gasteiger partial charge < -0.3 is 28.4 Å². The molecule has 0 unspecified atom stereocenters. The number of hydrogen-bond acceptors (Lipinski definition) is 10. The van der Waals surface area contributed by atoms with Crippen molar-refractivity contribution < 1.29 is 47.6 Å². The number of allylic oxidation sites excluding steroid dienone is 7. The van der Waals surface area contributed by atoms with E-state index in [0.29, 0.717) is 60.4 Å². The zero-order valence-electron chi connectivity index (χ0n) is 34.3. The fourth-order valence-corrected chi connectivity index (χ4v) is 5.28. The number of benzene rings is 2. The van der Waals surface area contributed by atoms with Crippen molar-refractivity contribution in [1.82, 2.24) is 0 Å². The summed E-state index contributed by atoms with van der Waals surface area (Å²) in [6.07, 6.45) is 19.0. The third-order valence-electron chi connectivity index (χ3n) is 8.72. The van der Waals surface area contributed by atoms with Crippen LogP contribution in [0.15, 0.2) is 115 Å². The zero-order chi connectivity index (χ0) is 41.9. The smallest absolute Gasteiger partial charge is 0.343 e. The molecule has 0 saturated heterocycles. The fourth-order valence-electron chi connectivity index (χ4n) is 5.28. The molecular formula is C47H60O10. The molecule has 0 spiro atoms. The lowest BCUT2D eigenvalue weighted by atomic mass is 10.00. The van der Waals surface area contributed by atoms with E-state index in [4.69, 9.17) is 28.4 Å². The first kappa shape index (κ1) is 47.5. The van der Waals surface area contributed by atoms with Crippen molar-refractivity contribution in [3.05, 3.63) is 126 Å². The molecule has 10 heteroatoms. The molecule has 0 atom stereocenters. The van der Waals surface area contributed by atoms with Crippen molar-refractivity contribution in [3.8, 4) is 11.5 Å². The lowest BCUT2D eigenvalue weighted by Crippen LogP contribution is -2.23. The monoisotopic (exact) mass is 784 g/mol. The Kier molecular flexibility index (Phi) is 22.5. The van der Waals surface area contributed by atoms with Crippen molar-refractivity contribution in [2.75, 3.05) is 19.8 Å². The van der Waals surface area contributed by atoms with E-state index in [1.54, 1.807) is 61.5 Å². The molecule has 0 bridgehead atoms. The van der Waals surface area contributed by atoms with Crippen molar-refractivity contribution in [1.29, 1.82) is 0 Å². The predicted octanol–water partition coefficient (Wildman–Crippen LogP) is 10.7. The number of hydrogen-bond donors (Lipinski definition) is 0. The number of unbranched alkanes of at least 4 members (excludes halogenated alkanes) is 7. The Bertz CT molecular complexity index is 1710. The van der Waals surface area contributed by atoms with Gasteiger partial charge in [-0.25, -0.2) is 14.4 Å². The van der Waals surface area contributed by atoms with Crippen molar-refractivity contribution in [2.24, 2.45) is 0 Å². The Morgan fingerprint density at radius 3 is 1.82 bits per heavy atom. The van der Waals surface area contributed by atoms with Gasteiger partial charge >= 0.3 is 17.9 Å². The van der Waals surface area contributed by atoms with Crippen LogP contribution in [0.4, 0.5) is 0 Å². The summed E-state index contributed by atoms with van der Waals surface area (Å²) in [6.45, 7) is 18.5. The summed E-state index contributed by atoms with van der Waals surface area (Å²) in [6, 6.07) is 14.0. The molecule has 0 fully saturated rings. The lowest BCUT2D eigenvalue weighted by Gasteiger charge is -2.22. The van der Waals surface area contributed by atoms with Crippen LogP contribution in [0.1, 0.15) is 115 Å². The van der Waals surface area contributed by atoms with E-state index in [1.165, 1.54) is 6.08 Å². The minimum Gasteiger partial charge on any atom is -0.498 e. The highest BCUT2D eigenvalue weighted by molar-refractivity contribution is 5.92. The summed E-state index contributed by atoms with van der Waals surface area (Å²) in [5.74, 6) is 0.755. The number of rotatable bonds is 28. The number of carbonyl (C=O) groups is 4. The number of esters is 3. The van der Waals surface area contributed by atoms with E-state index in [0.717, 1.165) is 81.4 Å². The molecule has 0 saturated carbocycles. The average molecular weight is 785 g/mol. The van der Waals surface area contributed by atoms with E-state index >= 15 is 0 Å². The molecule has 0 aliphatic rings. The van der Waals surface area contributed by atoms with Crippen LogP contribution in [0.25, 0.3) is 5.57 Å². The second-order valence-corrected chi connectivity index (χ2v) is 14.0. The molecule has 0 aliphatic carbocycles. The van der Waals surface area contributed by atoms with E-state index in [9.17, 15) is 19.2 Å². The first-order chi connectivity index (χ1) is 27.4. The fraction of sp³-hybridized carbons (Fsp3) is 0.404. The highest BCUT2D eigenvalue weighted by atomic mass is 16.5. The minimum atomic E-state index is -0.530. The van der Waals surface area contributed by atoms with Gasteiger partial charge in [0.05, 0.1) is 36.7 Å². The first-order valence-electron chi connectivity index (χ1n) is 19.5. The van der Waals surface area contributed by atoms with Crippen LogP contribution in [0.5, 0.6) is 11.5 Å². The van der Waals surface area contributed by atoms with Crippen LogP contribution in [0, 0.1) is 0 Å². The van der Waals surface area contributed by atoms with E-state index in [1.807, 2.05) is 45.9 Å². The molecule has 57 heavy (non-hydrogen) atoms. The SMILES string of the molecule is C=CC(=O)OCCCCCCOc1ccc(C(=O)Oc2ccc(/C(C)=C/C=C(\C)OC(=O)/C(C=C)=C/C=C(\C)OCCCCCCCC(C)(C)OC=O)cc2)cc1. The number of ether oxygens (including phenoxy) is 6. The molecule has 0 amide bonds. The standard InChI is InChI=1S/C47H60O10/c1-8-39(22-21-37(4)52-32-16-12-10-11-15-31-47(6,7)55-35-48)45(50)56-38(5)20-19-36(3)40-23-29-43(30-24-40)57-46(51)41-25-27-42(28-26-41)53-33-17-13-14-18-34-54-44(49)9-2/h8-9,19-30,35H,1-2,10-18,31-34H2,3-7H3/b36-19+,37-21+,38-20+,39-22+. The summed E-state index contributed by atoms with van der Waals surface area (Å²) in [5, 5.41) is 0. The predicted molar refractivity (Wildman–Crippen MR) is 223 cm³/mol. The molecule has 10 nitrogen and oxygen atoms in total. The van der Waals surface area contributed by atoms with Crippen molar-refractivity contribution >= 4 is 30.0 Å². The summed E-state index contributed by atoms with van der Waals surface area (Å²) in [4.78, 5) is 47.1. The quantitative estimate of drug-likeness (QED) is 0.0120. The maximum absolute atomic E-state index is 12.8. The molecule has 2 aromatic carbocycles. The van der Waals surface area contributed by atoms with Gasteiger partial charge in [-0.2, -0.15) is 0 Å². The largest absolute Gasteiger partial charge is 0.498 e. The van der Waals surface area contributed by atoms with Crippen LogP contribution in [-0.2, 0) is 33.3 Å². The van der Waals surface area contributed by atoms with E-state index in [-0.39, 0.29) is 0 Å². The van der Waals surface area contributed by atoms with Crippen LogP contribution in [0.3, 0.4) is 0 Å². The van der Waals surface area contributed by atoms with Gasteiger partial charge in [-0.15, -0.1) is 0 Å². The maximum atomic E-state index is 12.8. The molecular weight excluding hydrogens is 725 g/mol. The highest BCUT2D eigenvalue weighted by Crippen LogP contribution is 2.22. The van der Waals surface area contributed by atoms with Gasteiger partial charge in [0.1, 0.15) is 22.9 Å². The Labute approximate surface area is 338 Å². The van der Waals surface area contributed by atoms with Crippen LogP contribution < -0.4 is 9.47 Å². The van der Waals surface area contributed by atoms with Crippen molar-refractivity contribution in [3.63, 3.8) is 0 Å². The van der Waals surface area contributed by atoms with Gasteiger partial charge in [-0.3, -0.25) is 4.79 Å². The zero-order valence-corrected chi connectivity index (χ0v) is 34.3. The van der Waals surface area contributed by atoms with Gasteiger partial charge in [0.2, 0.25) is 0 Å². The third-order valence-corrected chi connectivity index (χ3v) is 8.72. The van der Waals surface area contributed by atoms with Gasteiger partial charge in [0.15, 0.2) is 0 Å². The van der Waals surface area contributed by atoms with Crippen LogP contribution in [-0.4, -0.2) is 49.8 Å². The van der Waals surface area contributed by atoms with E-state index < -0.39 is 23.5 Å². The second kappa shape index (κ2) is 27.0. The lowest BCUT2D eigenvalue weighted by molar-refractivity contribution is -0.141. The Morgan fingerprint density at radius 1 is 0.632 bits per heavy atom. The highest BCUT2D eigenvalue weighted by Gasteiger charge is 2.17. The van der Waals surface area contributed by atoms with Crippen LogP contribution >= 0.6 is 0 Å². The molecule has 0 aliphatic heterocycles. The summed E-state index contributed by atoms with van der Waals surface area (Å²) < 4.78 is 32.7. The maximum Gasteiger partial charge on any atom is 0.343 e. The van der Waals surface area contributed by atoms with Crippen molar-refractivity contribution in [2.45, 2.75) is 104 Å². The topological polar surface area (TPSA) is 124 Å². The van der Waals surface area contributed by atoms with E-state index in [2.05, 4.69) is 13.2 Å². The normalized spacial score (nSPS) is 12.3. The summed E-state index contributed by atoms with van der Waals surface area (Å²) in [7, 11) is 0. The van der Waals surface area contributed by atoms with Crippen LogP contribution in [0.2, 0.25) is 0 Å². The van der Waals surface area contributed by atoms with Gasteiger partial charge in [-0.1, -0.05) is 56.7 Å². The molecule has 0 radical (unpaired) electrons. The molecule has 2 rings (SSSR count). The first-order valence-corrected chi connectivity index (χ1v) is 19.5. The number of carbonyl (C=O) groups excluding carboxylic acids is 4. The summed E-state index contributed by atoms with van der Waals surface area (Å²) in [5.41, 5.74) is 2.10. The minimum absolute atomic E-state index is 0.299. The molecule has 0 aromatic heterocycles. The molecule has 2 aromatic rings. The Hall–Kier alpha value is -5.64. The Morgan fingerprint density at radius 2 is 1.19 bits per heavy atom. The molecule has 0 heterocycles. The summed E-state index contributed by atoms with van der Waals surface area (Å²) >= 11 is 0. The average Bonchev–Trinajstić information content (AvgIpc) is 3.19. The van der Waals surface area contributed by atoms with Gasteiger partial charge in [0.25, 0.3) is 6.47 Å². The molecule has 308 valence electrons. The molecule has 0 N–H and O–H groups in total. The van der Waals surface area contributed by atoms with Gasteiger partial charge in [0, 0.05) is 6.08 Å². The third kappa shape index (κ3) is 20.7. The Balaban J connectivity index is 1.75.